The van der Waals surface area contributed by atoms with E-state index in [1.165, 1.54) is 0 Å². The number of hydrogen-bond donors (Lipinski definition) is 2. The van der Waals surface area contributed by atoms with Gasteiger partial charge in [-0.1, -0.05) is 32.0 Å². The molecule has 1 amide bonds. The second-order valence-electron chi connectivity index (χ2n) is 5.90. The van der Waals surface area contributed by atoms with Crippen molar-refractivity contribution in [3.63, 3.8) is 0 Å². The van der Waals surface area contributed by atoms with E-state index in [1.54, 1.807) is 0 Å². The van der Waals surface area contributed by atoms with Crippen molar-refractivity contribution >= 4 is 11.6 Å². The summed E-state index contributed by atoms with van der Waals surface area (Å²) in [5, 5.41) is 2.96. The predicted octanol–water partition coefficient (Wildman–Crippen LogP) is 2.25. The Morgan fingerprint density at radius 3 is 2.45 bits per heavy atom. The van der Waals surface area contributed by atoms with Crippen LogP contribution >= 0.6 is 0 Å². The van der Waals surface area contributed by atoms with Crippen LogP contribution in [0, 0.1) is 5.92 Å². The van der Waals surface area contributed by atoms with Gasteiger partial charge in [-0.2, -0.15) is 0 Å². The Hall–Kier alpha value is -1.55. The van der Waals surface area contributed by atoms with Gasteiger partial charge < -0.3 is 11.1 Å². The molecular weight excluding hydrogens is 250 g/mol. The lowest BCUT2D eigenvalue weighted by atomic mass is 10.1. The average Bonchev–Trinajstić information content (AvgIpc) is 2.38. The molecule has 112 valence electrons. The summed E-state index contributed by atoms with van der Waals surface area (Å²) in [6.07, 6.45) is 0. The quantitative estimate of drug-likeness (QED) is 0.752. The number of nitrogen functional groups attached to an aromatic ring is 1. The third-order valence-corrected chi connectivity index (χ3v) is 3.21. The minimum atomic E-state index is 0.0712. The van der Waals surface area contributed by atoms with Crippen molar-refractivity contribution in [2.45, 2.75) is 40.3 Å². The van der Waals surface area contributed by atoms with Crippen molar-refractivity contribution in [1.82, 2.24) is 10.2 Å². The molecular formula is C16H27N3O. The highest BCUT2D eigenvalue weighted by molar-refractivity contribution is 5.78. The van der Waals surface area contributed by atoms with Crippen LogP contribution in [-0.2, 0) is 11.3 Å². The second kappa shape index (κ2) is 7.90. The van der Waals surface area contributed by atoms with Crippen LogP contribution < -0.4 is 11.1 Å². The van der Waals surface area contributed by atoms with Gasteiger partial charge in [-0.05, 0) is 31.4 Å². The standard InChI is InChI=1S/C16H27N3O/c1-12(2)9-18-16(20)11-19(13(3)4)10-14-7-5-6-8-15(14)17/h5-8,12-13H,9-11,17H2,1-4H3,(H,18,20). The van der Waals surface area contributed by atoms with Crippen molar-refractivity contribution in [3.8, 4) is 0 Å². The molecule has 0 aliphatic carbocycles. The van der Waals surface area contributed by atoms with Crippen molar-refractivity contribution in [2.24, 2.45) is 5.92 Å². The summed E-state index contributed by atoms with van der Waals surface area (Å²) in [4.78, 5) is 14.1. The number of amides is 1. The van der Waals surface area contributed by atoms with E-state index >= 15 is 0 Å². The minimum absolute atomic E-state index is 0.0712. The molecule has 3 N–H and O–H groups in total. The van der Waals surface area contributed by atoms with Crippen LogP contribution in [0.3, 0.4) is 0 Å². The fourth-order valence-electron chi connectivity index (χ4n) is 1.88. The van der Waals surface area contributed by atoms with E-state index in [9.17, 15) is 4.79 Å². The monoisotopic (exact) mass is 277 g/mol. The summed E-state index contributed by atoms with van der Waals surface area (Å²) in [6, 6.07) is 8.10. The molecule has 0 fully saturated rings. The first-order chi connectivity index (χ1) is 9.40. The molecule has 4 nitrogen and oxygen atoms in total. The maximum absolute atomic E-state index is 12.0. The number of carbonyl (C=O) groups excluding carboxylic acids is 1. The zero-order chi connectivity index (χ0) is 15.1. The lowest BCUT2D eigenvalue weighted by Gasteiger charge is -2.26. The van der Waals surface area contributed by atoms with Crippen molar-refractivity contribution < 1.29 is 4.79 Å². The number of carbonyl (C=O) groups is 1. The highest BCUT2D eigenvalue weighted by Gasteiger charge is 2.15. The van der Waals surface area contributed by atoms with Gasteiger partial charge in [0.1, 0.15) is 0 Å². The Morgan fingerprint density at radius 1 is 1.25 bits per heavy atom. The molecule has 1 aromatic carbocycles. The molecule has 0 spiro atoms. The number of nitrogens with one attached hydrogen (secondary N) is 1. The minimum Gasteiger partial charge on any atom is -0.398 e. The summed E-state index contributed by atoms with van der Waals surface area (Å²) >= 11 is 0. The van der Waals surface area contributed by atoms with Crippen LogP contribution in [0.4, 0.5) is 5.69 Å². The zero-order valence-electron chi connectivity index (χ0n) is 13.0. The van der Waals surface area contributed by atoms with E-state index in [2.05, 4.69) is 37.9 Å². The van der Waals surface area contributed by atoms with Crippen LogP contribution in [0.2, 0.25) is 0 Å². The molecule has 0 saturated carbocycles. The molecule has 0 radical (unpaired) electrons. The van der Waals surface area contributed by atoms with Crippen LogP contribution in [-0.4, -0.2) is 29.9 Å². The number of para-hydroxylation sites is 1. The molecule has 0 aromatic heterocycles. The van der Waals surface area contributed by atoms with Gasteiger partial charge in [0.15, 0.2) is 0 Å². The molecule has 0 atom stereocenters. The number of anilines is 1. The fraction of sp³-hybridized carbons (Fsp3) is 0.562. The Bertz CT molecular complexity index is 429. The first-order valence-corrected chi connectivity index (χ1v) is 7.24. The van der Waals surface area contributed by atoms with Gasteiger partial charge >= 0.3 is 0 Å². The first kappa shape index (κ1) is 16.5. The normalized spacial score (nSPS) is 11.3. The molecule has 1 aromatic rings. The lowest BCUT2D eigenvalue weighted by molar-refractivity contribution is -0.123. The van der Waals surface area contributed by atoms with E-state index in [4.69, 9.17) is 5.73 Å². The van der Waals surface area contributed by atoms with Gasteiger partial charge in [0.2, 0.25) is 5.91 Å². The van der Waals surface area contributed by atoms with Gasteiger partial charge in [0.25, 0.3) is 0 Å². The van der Waals surface area contributed by atoms with E-state index in [0.29, 0.717) is 25.0 Å². The van der Waals surface area contributed by atoms with Crippen LogP contribution in [0.15, 0.2) is 24.3 Å². The Kier molecular flexibility index (Phi) is 6.52. The zero-order valence-corrected chi connectivity index (χ0v) is 13.0. The summed E-state index contributed by atoms with van der Waals surface area (Å²) < 4.78 is 0. The van der Waals surface area contributed by atoms with Gasteiger partial charge in [0.05, 0.1) is 6.54 Å². The SMILES string of the molecule is CC(C)CNC(=O)CN(Cc1ccccc1N)C(C)C. The lowest BCUT2D eigenvalue weighted by Crippen LogP contribution is -2.41. The fourth-order valence-corrected chi connectivity index (χ4v) is 1.88. The summed E-state index contributed by atoms with van der Waals surface area (Å²) in [5.74, 6) is 0.540. The summed E-state index contributed by atoms with van der Waals surface area (Å²) in [7, 11) is 0. The molecule has 1 rings (SSSR count). The van der Waals surface area contributed by atoms with Crippen LogP contribution in [0.1, 0.15) is 33.3 Å². The van der Waals surface area contributed by atoms with Crippen LogP contribution in [0.5, 0.6) is 0 Å². The van der Waals surface area contributed by atoms with E-state index in [-0.39, 0.29) is 5.91 Å². The summed E-state index contributed by atoms with van der Waals surface area (Å²) in [5.41, 5.74) is 7.82. The molecule has 0 unspecified atom stereocenters. The predicted molar refractivity (Wildman–Crippen MR) is 84.2 cm³/mol. The maximum Gasteiger partial charge on any atom is 0.234 e. The highest BCUT2D eigenvalue weighted by atomic mass is 16.2. The molecule has 20 heavy (non-hydrogen) atoms. The van der Waals surface area contributed by atoms with E-state index < -0.39 is 0 Å². The molecule has 0 aliphatic rings. The second-order valence-corrected chi connectivity index (χ2v) is 5.90. The molecule has 0 aliphatic heterocycles. The third kappa shape index (κ3) is 5.61. The van der Waals surface area contributed by atoms with Crippen molar-refractivity contribution in [2.75, 3.05) is 18.8 Å². The molecule has 0 heterocycles. The molecule has 0 bridgehead atoms. The Morgan fingerprint density at radius 2 is 1.90 bits per heavy atom. The third-order valence-electron chi connectivity index (χ3n) is 3.21. The smallest absolute Gasteiger partial charge is 0.234 e. The Balaban J connectivity index is 2.61. The number of hydrogen-bond acceptors (Lipinski definition) is 3. The number of nitrogens with zero attached hydrogens (tertiary/aromatic N) is 1. The van der Waals surface area contributed by atoms with E-state index in [1.807, 2.05) is 24.3 Å². The molecule has 4 heteroatoms. The van der Waals surface area contributed by atoms with Gasteiger partial charge in [0, 0.05) is 24.8 Å². The maximum atomic E-state index is 12.0. The number of nitrogens with two attached hydrogens (primary N) is 1. The highest BCUT2D eigenvalue weighted by Crippen LogP contribution is 2.14. The van der Waals surface area contributed by atoms with Crippen molar-refractivity contribution in [1.29, 1.82) is 0 Å². The Labute approximate surface area is 122 Å². The topological polar surface area (TPSA) is 58.4 Å². The van der Waals surface area contributed by atoms with Crippen molar-refractivity contribution in [3.05, 3.63) is 29.8 Å². The molecule has 0 saturated heterocycles. The summed E-state index contributed by atoms with van der Waals surface area (Å²) in [6.45, 7) is 10.2. The number of benzene rings is 1. The van der Waals surface area contributed by atoms with E-state index in [0.717, 1.165) is 17.8 Å². The van der Waals surface area contributed by atoms with Gasteiger partial charge in [-0.3, -0.25) is 9.69 Å². The first-order valence-electron chi connectivity index (χ1n) is 7.24. The number of rotatable bonds is 7. The van der Waals surface area contributed by atoms with Gasteiger partial charge in [-0.15, -0.1) is 0 Å². The average molecular weight is 277 g/mol. The van der Waals surface area contributed by atoms with Crippen LogP contribution in [0.25, 0.3) is 0 Å². The largest absolute Gasteiger partial charge is 0.398 e. The van der Waals surface area contributed by atoms with Gasteiger partial charge in [-0.25, -0.2) is 0 Å².